The van der Waals surface area contributed by atoms with Crippen LogP contribution in [0, 0.1) is 6.92 Å². The number of hydrogen-bond donors (Lipinski definition) is 2. The Morgan fingerprint density at radius 1 is 1.53 bits per heavy atom. The summed E-state index contributed by atoms with van der Waals surface area (Å²) >= 11 is 2.98. The minimum atomic E-state index is -3.79. The Balaban J connectivity index is 2.15. The summed E-state index contributed by atoms with van der Waals surface area (Å²) in [6.45, 7) is 1.11. The molecular formula is C9H10BrN3O5S. The highest BCUT2D eigenvalue weighted by atomic mass is 79.9. The Morgan fingerprint density at radius 2 is 2.26 bits per heavy atom. The van der Waals surface area contributed by atoms with Gasteiger partial charge in [0, 0.05) is 13.0 Å². The van der Waals surface area contributed by atoms with E-state index < -0.39 is 16.6 Å². The van der Waals surface area contributed by atoms with Crippen molar-refractivity contribution >= 4 is 26.0 Å². The molecule has 2 heterocycles. The monoisotopic (exact) mass is 351 g/mol. The number of nitrogens with zero attached hydrogens (tertiary/aromatic N) is 2. The molecule has 0 aromatic carbocycles. The van der Waals surface area contributed by atoms with Crippen molar-refractivity contribution < 1.29 is 22.5 Å². The molecule has 0 saturated heterocycles. The Bertz CT molecular complexity index is 678. The van der Waals surface area contributed by atoms with Crippen LogP contribution in [0.25, 0.3) is 0 Å². The number of halogens is 1. The van der Waals surface area contributed by atoms with Gasteiger partial charge in [-0.3, -0.25) is 0 Å². The van der Waals surface area contributed by atoms with Gasteiger partial charge in [0.2, 0.25) is 15.9 Å². The number of aliphatic hydroxyl groups excluding tert-OH is 1. The minimum Gasteiger partial charge on any atom is -0.450 e. The lowest BCUT2D eigenvalue weighted by Gasteiger charge is -2.01. The molecule has 0 amide bonds. The van der Waals surface area contributed by atoms with E-state index in [2.05, 4.69) is 30.8 Å². The Morgan fingerprint density at radius 3 is 2.79 bits per heavy atom. The van der Waals surface area contributed by atoms with Crippen LogP contribution < -0.4 is 4.72 Å². The van der Waals surface area contributed by atoms with Crippen LogP contribution in [0.5, 0.6) is 0 Å². The number of aliphatic hydroxyl groups is 1. The molecule has 2 N–H and O–H groups in total. The maximum atomic E-state index is 12.0. The molecule has 0 saturated carbocycles. The minimum absolute atomic E-state index is 0.0216. The molecule has 2 aromatic heterocycles. The molecule has 0 aliphatic rings. The average molecular weight is 352 g/mol. The van der Waals surface area contributed by atoms with Crippen LogP contribution in [0.2, 0.25) is 0 Å². The number of nitrogens with one attached hydrogen (secondary N) is 1. The summed E-state index contributed by atoms with van der Waals surface area (Å²) in [5, 5.41) is 12.5. The predicted octanol–water partition coefficient (Wildman–Crippen LogP) is 0.704. The topological polar surface area (TPSA) is 118 Å². The van der Waals surface area contributed by atoms with Crippen molar-refractivity contribution in [3.05, 3.63) is 28.2 Å². The van der Waals surface area contributed by atoms with E-state index in [0.717, 1.165) is 0 Å². The van der Waals surface area contributed by atoms with Gasteiger partial charge in [0.25, 0.3) is 0 Å². The fourth-order valence-corrected chi connectivity index (χ4v) is 3.29. The third kappa shape index (κ3) is 3.21. The van der Waals surface area contributed by atoms with Gasteiger partial charge in [-0.05, 0) is 15.9 Å². The van der Waals surface area contributed by atoms with E-state index in [1.165, 1.54) is 6.07 Å². The summed E-state index contributed by atoms with van der Waals surface area (Å²) in [6.07, 6.45) is 0. The van der Waals surface area contributed by atoms with Gasteiger partial charge in [0.05, 0.1) is 6.54 Å². The maximum Gasteiger partial charge on any atom is 0.245 e. The maximum absolute atomic E-state index is 12.0. The van der Waals surface area contributed by atoms with Crippen molar-refractivity contribution in [2.75, 3.05) is 0 Å². The second-order valence-electron chi connectivity index (χ2n) is 3.56. The lowest BCUT2D eigenvalue weighted by molar-refractivity contribution is 0.245. The van der Waals surface area contributed by atoms with E-state index in [1.807, 2.05) is 0 Å². The van der Waals surface area contributed by atoms with Crippen LogP contribution in [-0.2, 0) is 23.2 Å². The molecule has 0 spiro atoms. The fourth-order valence-electron chi connectivity index (χ4n) is 1.31. The molecule has 0 radical (unpaired) electrons. The van der Waals surface area contributed by atoms with E-state index in [1.54, 1.807) is 6.92 Å². The quantitative estimate of drug-likeness (QED) is 0.813. The number of rotatable bonds is 5. The number of aromatic nitrogens is 2. The van der Waals surface area contributed by atoms with Crippen LogP contribution >= 0.6 is 15.9 Å². The molecule has 0 unspecified atom stereocenters. The lowest BCUT2D eigenvalue weighted by atomic mass is 10.5. The Hall–Kier alpha value is -1.23. The fraction of sp³-hybridized carbons (Fsp3) is 0.333. The van der Waals surface area contributed by atoms with Crippen molar-refractivity contribution in [2.45, 2.75) is 25.0 Å². The molecule has 2 rings (SSSR count). The van der Waals surface area contributed by atoms with Gasteiger partial charge < -0.3 is 14.0 Å². The van der Waals surface area contributed by atoms with Crippen molar-refractivity contribution in [1.29, 1.82) is 0 Å². The van der Waals surface area contributed by atoms with Crippen LogP contribution in [0.1, 0.15) is 17.5 Å². The number of hydrogen-bond acceptors (Lipinski definition) is 7. The molecule has 8 nitrogen and oxygen atoms in total. The highest BCUT2D eigenvalue weighted by molar-refractivity contribution is 9.10. The smallest absolute Gasteiger partial charge is 0.245 e. The SMILES string of the molecule is Cc1nc(CNS(=O)(=O)c2cc(CO)oc2Br)no1. The lowest BCUT2D eigenvalue weighted by Crippen LogP contribution is -2.23. The molecule has 0 aliphatic carbocycles. The van der Waals surface area contributed by atoms with E-state index in [4.69, 9.17) is 14.0 Å². The van der Waals surface area contributed by atoms with E-state index in [9.17, 15) is 8.42 Å². The second kappa shape index (κ2) is 5.41. The van der Waals surface area contributed by atoms with E-state index in [0.29, 0.717) is 5.89 Å². The number of aryl methyl sites for hydroxylation is 1. The van der Waals surface area contributed by atoms with Gasteiger partial charge in [0.15, 0.2) is 10.5 Å². The first kappa shape index (κ1) is 14.2. The first-order valence-corrected chi connectivity index (χ1v) is 7.38. The van der Waals surface area contributed by atoms with Crippen molar-refractivity contribution in [3.8, 4) is 0 Å². The zero-order valence-corrected chi connectivity index (χ0v) is 12.2. The highest BCUT2D eigenvalue weighted by Crippen LogP contribution is 2.26. The molecule has 10 heteroatoms. The van der Waals surface area contributed by atoms with Crippen molar-refractivity contribution in [3.63, 3.8) is 0 Å². The largest absolute Gasteiger partial charge is 0.450 e. The molecule has 0 fully saturated rings. The van der Waals surface area contributed by atoms with Gasteiger partial charge in [-0.2, -0.15) is 4.98 Å². The summed E-state index contributed by atoms with van der Waals surface area (Å²) in [5.74, 6) is 0.715. The van der Waals surface area contributed by atoms with E-state index >= 15 is 0 Å². The van der Waals surface area contributed by atoms with Gasteiger partial charge >= 0.3 is 0 Å². The molecule has 0 atom stereocenters. The summed E-state index contributed by atoms with van der Waals surface area (Å²) in [6, 6.07) is 1.23. The van der Waals surface area contributed by atoms with Crippen molar-refractivity contribution in [2.24, 2.45) is 0 Å². The number of furan rings is 1. The van der Waals surface area contributed by atoms with Gasteiger partial charge in [-0.1, -0.05) is 5.16 Å². The Kier molecular flexibility index (Phi) is 4.04. The van der Waals surface area contributed by atoms with Gasteiger partial charge in [-0.15, -0.1) is 0 Å². The first-order valence-electron chi connectivity index (χ1n) is 5.10. The standard InChI is InChI=1S/C9H10BrN3O5S/c1-5-12-8(13-18-5)3-11-19(15,16)7-2-6(4-14)17-9(7)10/h2,11,14H,3-4H2,1H3. The molecule has 19 heavy (non-hydrogen) atoms. The third-order valence-electron chi connectivity index (χ3n) is 2.14. The second-order valence-corrected chi connectivity index (χ2v) is 6.02. The van der Waals surface area contributed by atoms with Gasteiger partial charge in [0.1, 0.15) is 17.3 Å². The van der Waals surface area contributed by atoms with Crippen LogP contribution in [0.3, 0.4) is 0 Å². The molecule has 0 aliphatic heterocycles. The summed E-state index contributed by atoms with van der Waals surface area (Å²) < 4.78 is 36.0. The first-order chi connectivity index (χ1) is 8.92. The summed E-state index contributed by atoms with van der Waals surface area (Å²) in [7, 11) is -3.79. The van der Waals surface area contributed by atoms with Crippen LogP contribution in [-0.4, -0.2) is 23.7 Å². The zero-order chi connectivity index (χ0) is 14.0. The predicted molar refractivity (Wildman–Crippen MR) is 65.4 cm³/mol. The number of sulfonamides is 1. The zero-order valence-electron chi connectivity index (χ0n) is 9.75. The molecular weight excluding hydrogens is 342 g/mol. The van der Waals surface area contributed by atoms with E-state index in [-0.39, 0.29) is 27.7 Å². The average Bonchev–Trinajstić information content (AvgIpc) is 2.93. The molecule has 2 aromatic rings. The Labute approximate surface area is 117 Å². The van der Waals surface area contributed by atoms with Crippen LogP contribution in [0.15, 0.2) is 24.6 Å². The van der Waals surface area contributed by atoms with Gasteiger partial charge in [-0.25, -0.2) is 13.1 Å². The third-order valence-corrected chi connectivity index (χ3v) is 4.40. The highest BCUT2D eigenvalue weighted by Gasteiger charge is 2.22. The van der Waals surface area contributed by atoms with Crippen molar-refractivity contribution in [1.82, 2.24) is 14.9 Å². The normalized spacial score (nSPS) is 11.9. The molecule has 104 valence electrons. The summed E-state index contributed by atoms with van der Waals surface area (Å²) in [4.78, 5) is 3.77. The van der Waals surface area contributed by atoms with Crippen LogP contribution in [0.4, 0.5) is 0 Å². The summed E-state index contributed by atoms with van der Waals surface area (Å²) in [5.41, 5.74) is 0. The molecule has 0 bridgehead atoms.